The van der Waals surface area contributed by atoms with Crippen molar-refractivity contribution in [3.05, 3.63) is 65.2 Å². The monoisotopic (exact) mass is 367 g/mol. The van der Waals surface area contributed by atoms with E-state index in [2.05, 4.69) is 4.98 Å². The zero-order chi connectivity index (χ0) is 20.1. The van der Waals surface area contributed by atoms with Crippen molar-refractivity contribution in [2.24, 2.45) is 0 Å². The Morgan fingerprint density at radius 1 is 0.750 bits per heavy atom. The Morgan fingerprint density at radius 2 is 1.25 bits per heavy atom. The van der Waals surface area contributed by atoms with E-state index in [0.29, 0.717) is 17.1 Å². The predicted molar refractivity (Wildman–Crippen MR) is 101 cm³/mol. The molecule has 0 amide bonds. The minimum absolute atomic E-state index is 0.0112. The molecule has 0 aliphatic carbocycles. The highest BCUT2D eigenvalue weighted by Crippen LogP contribution is 2.31. The molecule has 0 fully saturated rings. The van der Waals surface area contributed by atoms with E-state index in [9.17, 15) is 10.5 Å². The number of nitrogens with two attached hydrogens (primary N) is 1. The summed E-state index contributed by atoms with van der Waals surface area (Å²) in [4.78, 5) is 4.15. The molecule has 0 saturated heterocycles. The van der Waals surface area contributed by atoms with Crippen LogP contribution in [0, 0.1) is 34.0 Å². The van der Waals surface area contributed by atoms with Crippen molar-refractivity contribution in [1.29, 1.82) is 15.8 Å². The molecule has 0 bridgehead atoms. The van der Waals surface area contributed by atoms with Gasteiger partial charge in [-0.1, -0.05) is 0 Å². The molecule has 0 atom stereocenters. The van der Waals surface area contributed by atoms with Gasteiger partial charge >= 0.3 is 0 Å². The predicted octanol–water partition coefficient (Wildman–Crippen LogP) is 3.75. The van der Waals surface area contributed by atoms with E-state index in [1.54, 1.807) is 55.6 Å². The average molecular weight is 367 g/mol. The number of methoxy groups -OCH3 is 1. The molecule has 1 heterocycles. The number of pyridine rings is 1. The van der Waals surface area contributed by atoms with Crippen LogP contribution in [0.5, 0.6) is 17.2 Å². The van der Waals surface area contributed by atoms with Crippen LogP contribution in [0.2, 0.25) is 0 Å². The smallest absolute Gasteiger partial charge is 0.143 e. The number of hydrogen-bond acceptors (Lipinski definition) is 7. The highest BCUT2D eigenvalue weighted by molar-refractivity contribution is 5.76. The lowest BCUT2D eigenvalue weighted by molar-refractivity contribution is 0.413. The van der Waals surface area contributed by atoms with Gasteiger partial charge in [-0.15, -0.1) is 0 Å². The van der Waals surface area contributed by atoms with Crippen LogP contribution >= 0.6 is 0 Å². The SMILES string of the molecule is COc1ccc(Oc2ccc(-c3nc(N)c(C#N)c(C#N)c3C#N)cc2)cc1. The van der Waals surface area contributed by atoms with E-state index >= 15 is 0 Å². The second-order valence-electron chi connectivity index (χ2n) is 5.61. The van der Waals surface area contributed by atoms with Gasteiger partial charge in [-0.2, -0.15) is 15.8 Å². The zero-order valence-electron chi connectivity index (χ0n) is 14.8. The van der Waals surface area contributed by atoms with Gasteiger partial charge in [-0.25, -0.2) is 4.98 Å². The summed E-state index contributed by atoms with van der Waals surface area (Å²) < 4.78 is 10.9. The van der Waals surface area contributed by atoms with Gasteiger partial charge in [-0.3, -0.25) is 0 Å². The van der Waals surface area contributed by atoms with Crippen molar-refractivity contribution >= 4 is 5.82 Å². The molecule has 7 heteroatoms. The van der Waals surface area contributed by atoms with Gasteiger partial charge in [0, 0.05) is 5.56 Å². The summed E-state index contributed by atoms with van der Waals surface area (Å²) in [5.41, 5.74) is 6.45. The third kappa shape index (κ3) is 3.39. The Labute approximate surface area is 161 Å². The molecule has 28 heavy (non-hydrogen) atoms. The summed E-state index contributed by atoms with van der Waals surface area (Å²) in [5.74, 6) is 1.85. The molecule has 0 spiro atoms. The van der Waals surface area contributed by atoms with E-state index in [-0.39, 0.29) is 28.2 Å². The number of rotatable bonds is 4. The zero-order valence-corrected chi connectivity index (χ0v) is 14.8. The number of benzene rings is 2. The first-order valence-electron chi connectivity index (χ1n) is 8.07. The topological polar surface area (TPSA) is 129 Å². The van der Waals surface area contributed by atoms with E-state index in [4.69, 9.17) is 20.5 Å². The summed E-state index contributed by atoms with van der Waals surface area (Å²) in [5, 5.41) is 28.0. The van der Waals surface area contributed by atoms with Crippen LogP contribution < -0.4 is 15.2 Å². The Balaban J connectivity index is 1.96. The van der Waals surface area contributed by atoms with Gasteiger partial charge in [0.2, 0.25) is 0 Å². The Kier molecular flexibility index (Phi) is 5.07. The third-order valence-corrected chi connectivity index (χ3v) is 3.98. The quantitative estimate of drug-likeness (QED) is 0.743. The first-order chi connectivity index (χ1) is 13.6. The number of nitrogen functional groups attached to an aromatic ring is 1. The van der Waals surface area contributed by atoms with Gasteiger partial charge < -0.3 is 15.2 Å². The largest absolute Gasteiger partial charge is 0.497 e. The van der Waals surface area contributed by atoms with Crippen LogP contribution in [0.15, 0.2) is 48.5 Å². The van der Waals surface area contributed by atoms with Gasteiger partial charge in [0.25, 0.3) is 0 Å². The number of anilines is 1. The van der Waals surface area contributed by atoms with Crippen LogP contribution in [0.4, 0.5) is 5.82 Å². The van der Waals surface area contributed by atoms with E-state index in [1.165, 1.54) is 0 Å². The average Bonchev–Trinajstić information content (AvgIpc) is 2.74. The van der Waals surface area contributed by atoms with Crippen molar-refractivity contribution in [2.45, 2.75) is 0 Å². The summed E-state index contributed by atoms with van der Waals surface area (Å²) in [6.45, 7) is 0. The standard InChI is InChI=1S/C21H13N5O2/c1-27-14-6-8-16(9-7-14)28-15-4-2-13(3-5-15)20-18(11-23)17(10-22)19(12-24)21(25)26-20/h2-9H,1H3,(H2,25,26). The van der Waals surface area contributed by atoms with Crippen LogP contribution in [-0.2, 0) is 0 Å². The van der Waals surface area contributed by atoms with E-state index < -0.39 is 0 Å². The highest BCUT2D eigenvalue weighted by Gasteiger charge is 2.19. The summed E-state index contributed by atoms with van der Waals surface area (Å²) >= 11 is 0. The summed E-state index contributed by atoms with van der Waals surface area (Å²) in [7, 11) is 1.59. The van der Waals surface area contributed by atoms with Crippen molar-refractivity contribution in [1.82, 2.24) is 4.98 Å². The second kappa shape index (κ2) is 7.78. The summed E-state index contributed by atoms with van der Waals surface area (Å²) in [6.07, 6.45) is 0. The Bertz CT molecular complexity index is 1150. The van der Waals surface area contributed by atoms with Gasteiger partial charge in [0.1, 0.15) is 46.8 Å². The molecule has 1 aromatic heterocycles. The number of ether oxygens (including phenoxy) is 2. The molecule has 2 N–H and O–H groups in total. The van der Waals surface area contributed by atoms with Crippen molar-refractivity contribution in [3.63, 3.8) is 0 Å². The van der Waals surface area contributed by atoms with Gasteiger partial charge in [0.05, 0.1) is 23.9 Å². The second-order valence-corrected chi connectivity index (χ2v) is 5.61. The van der Waals surface area contributed by atoms with Crippen molar-refractivity contribution < 1.29 is 9.47 Å². The van der Waals surface area contributed by atoms with Crippen LogP contribution in [0.25, 0.3) is 11.3 Å². The van der Waals surface area contributed by atoms with Crippen molar-refractivity contribution in [2.75, 3.05) is 12.8 Å². The maximum absolute atomic E-state index is 9.47. The number of aromatic nitrogens is 1. The first-order valence-corrected chi connectivity index (χ1v) is 8.07. The lowest BCUT2D eigenvalue weighted by Crippen LogP contribution is -2.04. The van der Waals surface area contributed by atoms with Crippen LogP contribution in [0.1, 0.15) is 16.7 Å². The van der Waals surface area contributed by atoms with Crippen LogP contribution in [0.3, 0.4) is 0 Å². The fourth-order valence-corrected chi connectivity index (χ4v) is 2.61. The summed E-state index contributed by atoms with van der Waals surface area (Å²) in [6, 6.07) is 19.6. The maximum atomic E-state index is 9.47. The number of hydrogen-bond donors (Lipinski definition) is 1. The molecule has 0 radical (unpaired) electrons. The fourth-order valence-electron chi connectivity index (χ4n) is 2.61. The molecule has 0 aliphatic rings. The number of nitrogens with zero attached hydrogens (tertiary/aromatic N) is 4. The molecular weight excluding hydrogens is 354 g/mol. The van der Waals surface area contributed by atoms with Crippen molar-refractivity contribution in [3.8, 4) is 46.7 Å². The third-order valence-electron chi connectivity index (χ3n) is 3.98. The molecule has 3 aromatic rings. The van der Waals surface area contributed by atoms with Gasteiger partial charge in [-0.05, 0) is 48.5 Å². The van der Waals surface area contributed by atoms with E-state index in [0.717, 1.165) is 5.75 Å². The molecule has 7 nitrogen and oxygen atoms in total. The number of nitriles is 3. The van der Waals surface area contributed by atoms with Crippen LogP contribution in [-0.4, -0.2) is 12.1 Å². The molecule has 134 valence electrons. The minimum Gasteiger partial charge on any atom is -0.497 e. The molecule has 0 aliphatic heterocycles. The fraction of sp³-hybridized carbons (Fsp3) is 0.0476. The minimum atomic E-state index is -0.0951. The molecule has 3 rings (SSSR count). The van der Waals surface area contributed by atoms with Gasteiger partial charge in [0.15, 0.2) is 0 Å². The molecule has 2 aromatic carbocycles. The lowest BCUT2D eigenvalue weighted by Gasteiger charge is -2.10. The molecule has 0 saturated carbocycles. The van der Waals surface area contributed by atoms with E-state index in [1.807, 2.05) is 18.2 Å². The molecule has 0 unspecified atom stereocenters. The maximum Gasteiger partial charge on any atom is 0.143 e. The Morgan fingerprint density at radius 3 is 1.75 bits per heavy atom. The molecular formula is C21H13N5O2. The first kappa shape index (κ1) is 18.3. The Hall–Kier alpha value is -4.54. The normalized spacial score (nSPS) is 9.64. The lowest BCUT2D eigenvalue weighted by atomic mass is 9.98. The highest BCUT2D eigenvalue weighted by atomic mass is 16.5.